The number of fused-ring (bicyclic) bond motifs is 2. The van der Waals surface area contributed by atoms with Crippen molar-refractivity contribution in [1.29, 1.82) is 0 Å². The number of carbonyl (C=O) groups is 1. The number of hydrogen-bond donors (Lipinski definition) is 2. The van der Waals surface area contributed by atoms with Gasteiger partial charge in [-0.3, -0.25) is 9.78 Å². The van der Waals surface area contributed by atoms with Crippen molar-refractivity contribution >= 4 is 33.9 Å². The summed E-state index contributed by atoms with van der Waals surface area (Å²) in [5.74, 6) is 1.62. The number of benzene rings is 3. The number of nitrogens with zero attached hydrogens (tertiary/aromatic N) is 1. The van der Waals surface area contributed by atoms with E-state index in [1.165, 1.54) is 5.56 Å². The van der Waals surface area contributed by atoms with Crippen molar-refractivity contribution in [2.24, 2.45) is 0 Å². The minimum Gasteiger partial charge on any atom is -0.497 e. The molecule has 36 heavy (non-hydrogen) atoms. The van der Waals surface area contributed by atoms with E-state index in [-0.39, 0.29) is 5.91 Å². The molecule has 0 atom stereocenters. The predicted octanol–water partition coefficient (Wildman–Crippen LogP) is 6.14. The van der Waals surface area contributed by atoms with E-state index in [1.807, 2.05) is 42.5 Å². The van der Waals surface area contributed by atoms with Gasteiger partial charge in [-0.15, -0.1) is 0 Å². The fraction of sp³-hybridized carbons (Fsp3) is 0.241. The third kappa shape index (κ3) is 4.64. The van der Waals surface area contributed by atoms with E-state index in [4.69, 9.17) is 19.2 Å². The Kier molecular flexibility index (Phi) is 6.62. The third-order valence-electron chi connectivity index (χ3n) is 6.50. The van der Waals surface area contributed by atoms with Crippen LogP contribution in [0.15, 0.2) is 60.7 Å². The molecule has 0 fully saturated rings. The van der Waals surface area contributed by atoms with Crippen molar-refractivity contribution in [2.45, 2.75) is 25.7 Å². The van der Waals surface area contributed by atoms with Gasteiger partial charge in [-0.05, 0) is 73.7 Å². The minimum absolute atomic E-state index is 0.253. The summed E-state index contributed by atoms with van der Waals surface area (Å²) >= 11 is 0. The zero-order valence-corrected chi connectivity index (χ0v) is 20.7. The molecule has 1 heterocycles. The predicted molar refractivity (Wildman–Crippen MR) is 142 cm³/mol. The quantitative estimate of drug-likeness (QED) is 0.329. The maximum absolute atomic E-state index is 13.1. The summed E-state index contributed by atoms with van der Waals surface area (Å²) in [5, 5.41) is 7.59. The molecule has 1 amide bonds. The first-order valence-electron chi connectivity index (χ1n) is 12.0. The molecule has 1 aliphatic carbocycles. The van der Waals surface area contributed by atoms with Crippen molar-refractivity contribution in [2.75, 3.05) is 32.0 Å². The Morgan fingerprint density at radius 2 is 1.61 bits per heavy atom. The first-order chi connectivity index (χ1) is 17.6. The Balaban J connectivity index is 1.55. The molecule has 7 heteroatoms. The number of anilines is 3. The fourth-order valence-electron chi connectivity index (χ4n) is 4.67. The highest BCUT2D eigenvalue weighted by Gasteiger charge is 2.20. The standard InChI is InChI=1S/C29H29N3O4/c1-34-20-14-18(15-21(17-20)35-2)29(33)30-19-12-13-25-23(16-19)28(22-8-4-5-9-24(22)31-25)32-26-10-6-7-11-27(26)36-3/h6-7,10-17H,4-5,8-9H2,1-3H3,(H,30,33)(H,31,32). The average Bonchev–Trinajstić information content (AvgIpc) is 2.93. The molecule has 3 aromatic carbocycles. The van der Waals surface area contributed by atoms with E-state index >= 15 is 0 Å². The van der Waals surface area contributed by atoms with Gasteiger partial charge in [-0.25, -0.2) is 0 Å². The summed E-state index contributed by atoms with van der Waals surface area (Å²) in [6.07, 6.45) is 4.17. The van der Waals surface area contributed by atoms with Gasteiger partial charge in [0.15, 0.2) is 0 Å². The van der Waals surface area contributed by atoms with Crippen LogP contribution in [0.25, 0.3) is 10.9 Å². The smallest absolute Gasteiger partial charge is 0.255 e. The largest absolute Gasteiger partial charge is 0.497 e. The van der Waals surface area contributed by atoms with Gasteiger partial charge in [-0.1, -0.05) is 12.1 Å². The van der Waals surface area contributed by atoms with E-state index in [9.17, 15) is 4.79 Å². The zero-order valence-electron chi connectivity index (χ0n) is 20.7. The number of para-hydroxylation sites is 2. The van der Waals surface area contributed by atoms with Gasteiger partial charge in [0.25, 0.3) is 5.91 Å². The maximum atomic E-state index is 13.1. The molecular weight excluding hydrogens is 454 g/mol. The molecule has 0 aliphatic heterocycles. The molecule has 0 radical (unpaired) electrons. The lowest BCUT2D eigenvalue weighted by molar-refractivity contribution is 0.102. The van der Waals surface area contributed by atoms with Gasteiger partial charge in [0.1, 0.15) is 17.2 Å². The summed E-state index contributed by atoms with van der Waals surface area (Å²) in [4.78, 5) is 18.1. The summed E-state index contributed by atoms with van der Waals surface area (Å²) in [7, 11) is 4.79. The Hall–Kier alpha value is -4.26. The number of nitrogens with one attached hydrogen (secondary N) is 2. The second-order valence-corrected chi connectivity index (χ2v) is 8.73. The third-order valence-corrected chi connectivity index (χ3v) is 6.50. The summed E-state index contributed by atoms with van der Waals surface area (Å²) in [5.41, 5.74) is 6.26. The SMILES string of the molecule is COc1cc(OC)cc(C(=O)Nc2ccc3nc4c(c(Nc5ccccc5OC)c3c2)CCCC4)c1. The van der Waals surface area contributed by atoms with Crippen LogP contribution in [0.3, 0.4) is 0 Å². The molecule has 184 valence electrons. The maximum Gasteiger partial charge on any atom is 0.255 e. The molecule has 1 aliphatic rings. The fourth-order valence-corrected chi connectivity index (χ4v) is 4.67. The number of rotatable bonds is 7. The lowest BCUT2D eigenvalue weighted by atomic mass is 9.92. The molecule has 0 bridgehead atoms. The van der Waals surface area contributed by atoms with Crippen molar-refractivity contribution in [1.82, 2.24) is 4.98 Å². The van der Waals surface area contributed by atoms with Crippen LogP contribution in [-0.4, -0.2) is 32.2 Å². The Bertz CT molecular complexity index is 1410. The minimum atomic E-state index is -0.253. The van der Waals surface area contributed by atoms with Gasteiger partial charge in [-0.2, -0.15) is 0 Å². The lowest BCUT2D eigenvalue weighted by Gasteiger charge is -2.23. The van der Waals surface area contributed by atoms with Gasteiger partial charge < -0.3 is 24.8 Å². The number of hydrogen-bond acceptors (Lipinski definition) is 6. The molecule has 0 saturated carbocycles. The van der Waals surface area contributed by atoms with Crippen LogP contribution in [0.4, 0.5) is 17.1 Å². The number of aryl methyl sites for hydroxylation is 1. The zero-order chi connectivity index (χ0) is 25.1. The van der Waals surface area contributed by atoms with Gasteiger partial charge in [0.2, 0.25) is 0 Å². The van der Waals surface area contributed by atoms with Crippen molar-refractivity contribution in [3.8, 4) is 17.2 Å². The molecule has 0 spiro atoms. The first kappa shape index (κ1) is 23.5. The number of pyridine rings is 1. The van der Waals surface area contributed by atoms with Crippen molar-refractivity contribution in [3.05, 3.63) is 77.5 Å². The highest BCUT2D eigenvalue weighted by molar-refractivity contribution is 6.06. The highest BCUT2D eigenvalue weighted by atomic mass is 16.5. The van der Waals surface area contributed by atoms with Crippen LogP contribution in [0.1, 0.15) is 34.5 Å². The average molecular weight is 484 g/mol. The van der Waals surface area contributed by atoms with Crippen LogP contribution in [0, 0.1) is 0 Å². The van der Waals surface area contributed by atoms with Gasteiger partial charge in [0.05, 0.1) is 38.2 Å². The van der Waals surface area contributed by atoms with Crippen LogP contribution in [0.2, 0.25) is 0 Å². The van der Waals surface area contributed by atoms with Crippen molar-refractivity contribution in [3.63, 3.8) is 0 Å². The normalized spacial score (nSPS) is 12.5. The molecule has 1 aromatic heterocycles. The Morgan fingerprint density at radius 3 is 2.36 bits per heavy atom. The first-order valence-corrected chi connectivity index (χ1v) is 12.0. The summed E-state index contributed by atoms with van der Waals surface area (Å²) in [6, 6.07) is 18.8. The topological polar surface area (TPSA) is 81.7 Å². The van der Waals surface area contributed by atoms with Crippen LogP contribution >= 0.6 is 0 Å². The molecule has 7 nitrogen and oxygen atoms in total. The Labute approximate surface area is 210 Å². The van der Waals surface area contributed by atoms with Crippen LogP contribution in [0.5, 0.6) is 17.2 Å². The van der Waals surface area contributed by atoms with E-state index in [0.717, 1.165) is 59.4 Å². The number of methoxy groups -OCH3 is 3. The molecular formula is C29H29N3O4. The molecule has 0 unspecified atom stereocenters. The molecule has 4 aromatic rings. The van der Waals surface area contributed by atoms with E-state index < -0.39 is 0 Å². The summed E-state index contributed by atoms with van der Waals surface area (Å²) < 4.78 is 16.2. The number of carbonyl (C=O) groups excluding carboxylic acids is 1. The lowest BCUT2D eigenvalue weighted by Crippen LogP contribution is -2.13. The van der Waals surface area contributed by atoms with Gasteiger partial charge >= 0.3 is 0 Å². The second kappa shape index (κ2) is 10.2. The van der Waals surface area contributed by atoms with Crippen LogP contribution < -0.4 is 24.8 Å². The monoisotopic (exact) mass is 483 g/mol. The number of amides is 1. The van der Waals surface area contributed by atoms with Gasteiger partial charge in [0, 0.05) is 28.4 Å². The van der Waals surface area contributed by atoms with E-state index in [2.05, 4.69) is 10.6 Å². The highest BCUT2D eigenvalue weighted by Crippen LogP contribution is 2.38. The molecule has 5 rings (SSSR count). The number of aromatic nitrogens is 1. The number of ether oxygens (including phenoxy) is 3. The van der Waals surface area contributed by atoms with Crippen molar-refractivity contribution < 1.29 is 19.0 Å². The van der Waals surface area contributed by atoms with E-state index in [0.29, 0.717) is 22.7 Å². The molecule has 2 N–H and O–H groups in total. The Morgan fingerprint density at radius 1 is 0.861 bits per heavy atom. The van der Waals surface area contributed by atoms with E-state index in [1.54, 1.807) is 39.5 Å². The van der Waals surface area contributed by atoms with Crippen LogP contribution in [-0.2, 0) is 12.8 Å². The second-order valence-electron chi connectivity index (χ2n) is 8.73. The molecule has 0 saturated heterocycles. The summed E-state index contributed by atoms with van der Waals surface area (Å²) in [6.45, 7) is 0.